The molecule has 0 aromatic carbocycles. The van der Waals surface area contributed by atoms with E-state index in [0.29, 0.717) is 0 Å². The number of unbranched alkanes of at least 4 members (excludes halogenated alkanes) is 8. The van der Waals surface area contributed by atoms with E-state index in [9.17, 15) is 35.7 Å². The van der Waals surface area contributed by atoms with E-state index in [1.165, 1.54) is 50.3 Å². The van der Waals surface area contributed by atoms with Crippen LogP contribution in [0.2, 0.25) is 0 Å². The Morgan fingerprint density at radius 2 is 1.24 bits per heavy atom. The van der Waals surface area contributed by atoms with E-state index >= 15 is 0 Å². The third-order valence-electron chi connectivity index (χ3n) is 6.49. The van der Waals surface area contributed by atoms with Gasteiger partial charge in [0.15, 0.2) is 6.29 Å². The Hall–Kier alpha value is -0.0500. The summed E-state index contributed by atoms with van der Waals surface area (Å²) < 4.78 is 16.7. The molecule has 11 heteroatoms. The summed E-state index contributed by atoms with van der Waals surface area (Å²) in [6.07, 6.45) is -1.73. The highest BCUT2D eigenvalue weighted by molar-refractivity contribution is 7.99. The molecule has 10 atom stereocenters. The average molecular weight is 513 g/mol. The number of thioether (sulfide) groups is 1. The molecule has 0 bridgehead atoms. The highest BCUT2D eigenvalue weighted by atomic mass is 32.2. The zero-order valence-electron chi connectivity index (χ0n) is 20.0. The van der Waals surface area contributed by atoms with Gasteiger partial charge in [0.25, 0.3) is 0 Å². The molecular weight excluding hydrogens is 468 g/mol. The molecular formula is C23H44O10S. The summed E-state index contributed by atoms with van der Waals surface area (Å²) in [4.78, 5) is 0. The van der Waals surface area contributed by atoms with Gasteiger partial charge in [-0.2, -0.15) is 0 Å². The third kappa shape index (κ3) is 8.52. The van der Waals surface area contributed by atoms with E-state index in [4.69, 9.17) is 14.2 Å². The Bertz CT molecular complexity index is 540. The minimum Gasteiger partial charge on any atom is -0.394 e. The Balaban J connectivity index is 1.78. The lowest BCUT2D eigenvalue weighted by molar-refractivity contribution is -0.338. The molecule has 34 heavy (non-hydrogen) atoms. The van der Waals surface area contributed by atoms with Crippen LogP contribution < -0.4 is 0 Å². The molecule has 2 heterocycles. The Labute approximate surface area is 206 Å². The lowest BCUT2D eigenvalue weighted by Crippen LogP contribution is -2.64. The summed E-state index contributed by atoms with van der Waals surface area (Å²) in [5.74, 6) is 0.737. The molecule has 7 N–H and O–H groups in total. The van der Waals surface area contributed by atoms with E-state index < -0.39 is 73.8 Å². The highest BCUT2D eigenvalue weighted by Gasteiger charge is 2.50. The molecule has 2 rings (SSSR count). The molecule has 202 valence electrons. The number of aliphatic hydroxyl groups is 7. The number of hydrogen-bond donors (Lipinski definition) is 7. The van der Waals surface area contributed by atoms with Crippen molar-refractivity contribution in [3.63, 3.8) is 0 Å². The summed E-state index contributed by atoms with van der Waals surface area (Å²) >= 11 is 1.37. The van der Waals surface area contributed by atoms with Gasteiger partial charge >= 0.3 is 0 Å². The number of hydrogen-bond acceptors (Lipinski definition) is 11. The zero-order valence-corrected chi connectivity index (χ0v) is 20.8. The SMILES string of the molecule is CCCCCCCCCCCS[C@@H]1OC(CO)[C@H](O[C@@H]2OC(CO)[C@@H](O)[C@@H](O)[C@@H]2O)[C@@H](O)[C@@H]1O. The fourth-order valence-electron chi connectivity index (χ4n) is 4.31. The van der Waals surface area contributed by atoms with Crippen molar-refractivity contribution in [1.29, 1.82) is 0 Å². The normalized spacial score (nSPS) is 38.8. The lowest BCUT2D eigenvalue weighted by Gasteiger charge is -2.46. The van der Waals surface area contributed by atoms with Gasteiger partial charge in [-0.05, 0) is 12.2 Å². The van der Waals surface area contributed by atoms with E-state index in [0.717, 1.165) is 25.0 Å². The summed E-state index contributed by atoms with van der Waals surface area (Å²) in [7, 11) is 0. The number of ether oxygens (including phenoxy) is 3. The van der Waals surface area contributed by atoms with Crippen LogP contribution in [0.1, 0.15) is 64.7 Å². The van der Waals surface area contributed by atoms with Crippen molar-refractivity contribution >= 4 is 11.8 Å². The van der Waals surface area contributed by atoms with Gasteiger partial charge in [-0.3, -0.25) is 0 Å². The number of rotatable bonds is 15. The van der Waals surface area contributed by atoms with Gasteiger partial charge in [-0.25, -0.2) is 0 Å². The standard InChI is InChI=1S/C23H44O10S/c1-2-3-4-5-6-7-8-9-10-11-34-23-20(30)18(28)21(15(13-25)32-23)33-22-19(29)17(27)16(26)14(12-24)31-22/h14-30H,2-13H2,1H3/t14?,15?,16-,17-,18+,19+,20+,21+,22+,23+/m1/s1. The van der Waals surface area contributed by atoms with E-state index in [1.54, 1.807) is 0 Å². The first-order valence-electron chi connectivity index (χ1n) is 12.6. The molecule has 0 radical (unpaired) electrons. The van der Waals surface area contributed by atoms with Crippen molar-refractivity contribution in [2.75, 3.05) is 19.0 Å². The van der Waals surface area contributed by atoms with Crippen molar-refractivity contribution in [2.45, 2.75) is 125 Å². The fraction of sp³-hybridized carbons (Fsp3) is 1.00. The summed E-state index contributed by atoms with van der Waals surface area (Å²) in [5.41, 5.74) is -0.754. The molecule has 0 amide bonds. The van der Waals surface area contributed by atoms with Crippen LogP contribution >= 0.6 is 11.8 Å². The van der Waals surface area contributed by atoms with Gasteiger partial charge in [-0.15, -0.1) is 11.8 Å². The molecule has 10 nitrogen and oxygen atoms in total. The molecule has 0 aromatic heterocycles. The van der Waals surface area contributed by atoms with Crippen LogP contribution in [0.4, 0.5) is 0 Å². The van der Waals surface area contributed by atoms with E-state index in [1.807, 2.05) is 0 Å². The molecule has 0 spiro atoms. The maximum Gasteiger partial charge on any atom is 0.187 e. The first kappa shape index (κ1) is 30.2. The summed E-state index contributed by atoms with van der Waals surface area (Å²) in [6, 6.07) is 0. The van der Waals surface area contributed by atoms with Crippen LogP contribution in [0.15, 0.2) is 0 Å². The smallest absolute Gasteiger partial charge is 0.187 e. The molecule has 2 saturated heterocycles. The molecule has 2 aliphatic heterocycles. The van der Waals surface area contributed by atoms with E-state index in [2.05, 4.69) is 6.92 Å². The van der Waals surface area contributed by atoms with Gasteiger partial charge < -0.3 is 50.0 Å². The largest absolute Gasteiger partial charge is 0.394 e. The minimum atomic E-state index is -1.67. The van der Waals surface area contributed by atoms with Gasteiger partial charge in [-0.1, -0.05) is 58.3 Å². The van der Waals surface area contributed by atoms with Gasteiger partial charge in [0, 0.05) is 0 Å². The second-order valence-electron chi connectivity index (χ2n) is 9.20. The molecule has 0 aliphatic carbocycles. The number of aliphatic hydroxyl groups excluding tert-OH is 7. The predicted octanol–water partition coefficient (Wildman–Crippen LogP) is -0.125. The van der Waals surface area contributed by atoms with Gasteiger partial charge in [0.2, 0.25) is 0 Å². The summed E-state index contributed by atoms with van der Waals surface area (Å²) in [5, 5.41) is 70.3. The quantitative estimate of drug-likeness (QED) is 0.146. The molecule has 2 fully saturated rings. The minimum absolute atomic E-state index is 0.513. The first-order valence-corrected chi connectivity index (χ1v) is 13.6. The van der Waals surface area contributed by atoms with Crippen molar-refractivity contribution < 1.29 is 50.0 Å². The van der Waals surface area contributed by atoms with E-state index in [-0.39, 0.29) is 0 Å². The molecule has 2 unspecified atom stereocenters. The molecule has 0 saturated carbocycles. The fourth-order valence-corrected chi connectivity index (χ4v) is 5.49. The van der Waals surface area contributed by atoms with Crippen LogP contribution in [-0.2, 0) is 14.2 Å². The molecule has 2 aliphatic rings. The monoisotopic (exact) mass is 512 g/mol. The zero-order chi connectivity index (χ0) is 25.1. The van der Waals surface area contributed by atoms with Gasteiger partial charge in [0.05, 0.1) is 13.2 Å². The van der Waals surface area contributed by atoms with Crippen LogP contribution in [-0.4, -0.2) is 115 Å². The average Bonchev–Trinajstić information content (AvgIpc) is 2.84. The maximum absolute atomic E-state index is 10.7. The van der Waals surface area contributed by atoms with Crippen LogP contribution in [0, 0.1) is 0 Å². The van der Waals surface area contributed by atoms with Crippen molar-refractivity contribution in [2.24, 2.45) is 0 Å². The van der Waals surface area contributed by atoms with Gasteiger partial charge in [0.1, 0.15) is 54.3 Å². The van der Waals surface area contributed by atoms with Crippen LogP contribution in [0.3, 0.4) is 0 Å². The maximum atomic E-state index is 10.7. The van der Waals surface area contributed by atoms with Crippen molar-refractivity contribution in [3.8, 4) is 0 Å². The topological polar surface area (TPSA) is 169 Å². The third-order valence-corrected chi connectivity index (χ3v) is 7.73. The molecule has 0 aromatic rings. The van der Waals surface area contributed by atoms with Crippen LogP contribution in [0.5, 0.6) is 0 Å². The second kappa shape index (κ2) is 15.9. The Kier molecular flexibility index (Phi) is 14.1. The Morgan fingerprint density at radius 3 is 1.82 bits per heavy atom. The van der Waals surface area contributed by atoms with Crippen molar-refractivity contribution in [1.82, 2.24) is 0 Å². The van der Waals surface area contributed by atoms with Crippen LogP contribution in [0.25, 0.3) is 0 Å². The highest BCUT2D eigenvalue weighted by Crippen LogP contribution is 2.33. The van der Waals surface area contributed by atoms with Crippen molar-refractivity contribution in [3.05, 3.63) is 0 Å². The lowest BCUT2D eigenvalue weighted by atomic mass is 9.97. The summed E-state index contributed by atoms with van der Waals surface area (Å²) in [6.45, 7) is 1.07. The second-order valence-corrected chi connectivity index (χ2v) is 10.4. The Morgan fingerprint density at radius 1 is 0.647 bits per heavy atom. The predicted molar refractivity (Wildman–Crippen MR) is 126 cm³/mol. The first-order chi connectivity index (χ1) is 16.3.